The molecule has 0 spiro atoms. The summed E-state index contributed by atoms with van der Waals surface area (Å²) in [7, 11) is 1.76. The molecule has 1 N–H and O–H groups in total. The van der Waals surface area contributed by atoms with Gasteiger partial charge in [0.1, 0.15) is 5.54 Å². The number of likely N-dealkylation sites (N-methyl/N-ethyl adjacent to an activating group) is 1. The predicted octanol–water partition coefficient (Wildman–Crippen LogP) is -0.885. The minimum Gasteiger partial charge on any atom is -0.342 e. The van der Waals surface area contributed by atoms with Crippen LogP contribution in [0.4, 0.5) is 0 Å². The van der Waals surface area contributed by atoms with E-state index in [2.05, 4.69) is 15.6 Å². The van der Waals surface area contributed by atoms with E-state index >= 15 is 0 Å². The summed E-state index contributed by atoms with van der Waals surface area (Å²) in [5.41, 5.74) is -0.557. The van der Waals surface area contributed by atoms with Crippen LogP contribution in [0.1, 0.15) is 30.4 Å². The van der Waals surface area contributed by atoms with Crippen LogP contribution >= 0.6 is 0 Å². The SMILES string of the molecule is CN1CCN(C(=O)c2cn(C3CNC3)nn2)C(C)(C)C1=O. The molecule has 0 aromatic carbocycles. The lowest BCUT2D eigenvalue weighted by atomic mass is 9.97. The molecule has 0 aliphatic carbocycles. The zero-order chi connectivity index (χ0) is 15.2. The normalized spacial score (nSPS) is 22.3. The third kappa shape index (κ3) is 2.19. The van der Waals surface area contributed by atoms with E-state index in [0.717, 1.165) is 13.1 Å². The van der Waals surface area contributed by atoms with E-state index in [4.69, 9.17) is 0 Å². The van der Waals surface area contributed by atoms with E-state index in [-0.39, 0.29) is 17.9 Å². The molecule has 8 heteroatoms. The highest BCUT2D eigenvalue weighted by Crippen LogP contribution is 2.23. The highest BCUT2D eigenvalue weighted by molar-refractivity contribution is 5.98. The Hall–Kier alpha value is -1.96. The average Bonchev–Trinajstić information content (AvgIpc) is 2.83. The van der Waals surface area contributed by atoms with Gasteiger partial charge in [-0.25, -0.2) is 4.68 Å². The fourth-order valence-corrected chi connectivity index (χ4v) is 2.72. The average molecular weight is 292 g/mol. The van der Waals surface area contributed by atoms with Gasteiger partial charge in [-0.15, -0.1) is 5.10 Å². The smallest absolute Gasteiger partial charge is 0.276 e. The summed E-state index contributed by atoms with van der Waals surface area (Å²) in [5, 5.41) is 11.1. The van der Waals surface area contributed by atoms with Crippen molar-refractivity contribution in [3.05, 3.63) is 11.9 Å². The quantitative estimate of drug-likeness (QED) is 0.765. The molecule has 3 heterocycles. The summed E-state index contributed by atoms with van der Waals surface area (Å²) in [6, 6.07) is 0.265. The molecule has 114 valence electrons. The Kier molecular flexibility index (Phi) is 3.20. The minimum absolute atomic E-state index is 0.0577. The van der Waals surface area contributed by atoms with Gasteiger partial charge in [-0.1, -0.05) is 5.21 Å². The number of carbonyl (C=O) groups excluding carboxylic acids is 2. The van der Waals surface area contributed by atoms with Crippen molar-refractivity contribution < 1.29 is 9.59 Å². The first-order valence-electron chi connectivity index (χ1n) is 7.11. The Morgan fingerprint density at radius 1 is 1.38 bits per heavy atom. The van der Waals surface area contributed by atoms with Gasteiger partial charge in [0.2, 0.25) is 5.91 Å². The number of aromatic nitrogens is 3. The maximum Gasteiger partial charge on any atom is 0.276 e. The van der Waals surface area contributed by atoms with Crippen LogP contribution in [0.5, 0.6) is 0 Å². The lowest BCUT2D eigenvalue weighted by molar-refractivity contribution is -0.144. The van der Waals surface area contributed by atoms with Crippen molar-refractivity contribution in [2.45, 2.75) is 25.4 Å². The Labute approximate surface area is 123 Å². The van der Waals surface area contributed by atoms with Crippen LogP contribution in [-0.4, -0.2) is 75.4 Å². The number of rotatable bonds is 2. The summed E-state index contributed by atoms with van der Waals surface area (Å²) in [6.45, 7) is 6.26. The van der Waals surface area contributed by atoms with E-state index in [9.17, 15) is 9.59 Å². The number of hydrogen-bond acceptors (Lipinski definition) is 5. The molecule has 2 fully saturated rings. The van der Waals surface area contributed by atoms with Crippen molar-refractivity contribution in [2.75, 3.05) is 33.2 Å². The van der Waals surface area contributed by atoms with Gasteiger partial charge in [-0.05, 0) is 13.8 Å². The van der Waals surface area contributed by atoms with Crippen LogP contribution in [0.2, 0.25) is 0 Å². The van der Waals surface area contributed by atoms with E-state index in [1.807, 2.05) is 0 Å². The van der Waals surface area contributed by atoms with Crippen LogP contribution in [0.15, 0.2) is 6.20 Å². The first-order valence-corrected chi connectivity index (χ1v) is 7.11. The second-order valence-corrected chi connectivity index (χ2v) is 6.14. The Bertz CT molecular complexity index is 577. The second-order valence-electron chi connectivity index (χ2n) is 6.14. The maximum absolute atomic E-state index is 12.6. The van der Waals surface area contributed by atoms with Crippen molar-refractivity contribution in [1.82, 2.24) is 30.1 Å². The second kappa shape index (κ2) is 4.80. The fraction of sp³-hybridized carbons (Fsp3) is 0.692. The lowest BCUT2D eigenvalue weighted by Gasteiger charge is -2.44. The number of nitrogens with zero attached hydrogens (tertiary/aromatic N) is 5. The van der Waals surface area contributed by atoms with Crippen LogP contribution in [0.3, 0.4) is 0 Å². The molecular formula is C13H20N6O2. The van der Waals surface area contributed by atoms with E-state index in [1.165, 1.54) is 0 Å². The van der Waals surface area contributed by atoms with Crippen molar-refractivity contribution in [1.29, 1.82) is 0 Å². The number of hydrogen-bond donors (Lipinski definition) is 1. The van der Waals surface area contributed by atoms with Crippen LogP contribution in [0.25, 0.3) is 0 Å². The van der Waals surface area contributed by atoms with Gasteiger partial charge < -0.3 is 15.1 Å². The molecule has 2 amide bonds. The van der Waals surface area contributed by atoms with Gasteiger partial charge in [-0.2, -0.15) is 0 Å². The van der Waals surface area contributed by atoms with Gasteiger partial charge >= 0.3 is 0 Å². The standard InChI is InChI=1S/C13H20N6O2/c1-13(2)12(21)17(3)4-5-18(13)11(20)10-8-19(16-15-10)9-6-14-7-9/h8-9,14H,4-7H2,1-3H3. The molecule has 0 unspecified atom stereocenters. The van der Waals surface area contributed by atoms with Gasteiger partial charge in [0.05, 0.1) is 12.2 Å². The monoisotopic (exact) mass is 292 g/mol. The number of amides is 2. The first kappa shape index (κ1) is 14.0. The zero-order valence-electron chi connectivity index (χ0n) is 12.5. The Morgan fingerprint density at radius 3 is 2.71 bits per heavy atom. The molecule has 2 saturated heterocycles. The summed E-state index contributed by atoms with van der Waals surface area (Å²) in [6.07, 6.45) is 1.67. The Morgan fingerprint density at radius 2 is 2.10 bits per heavy atom. The van der Waals surface area contributed by atoms with E-state index in [1.54, 1.807) is 41.6 Å². The van der Waals surface area contributed by atoms with Crippen molar-refractivity contribution >= 4 is 11.8 Å². The third-order valence-electron chi connectivity index (χ3n) is 4.31. The Balaban J connectivity index is 1.81. The van der Waals surface area contributed by atoms with E-state index < -0.39 is 5.54 Å². The van der Waals surface area contributed by atoms with Crippen molar-refractivity contribution in [3.63, 3.8) is 0 Å². The number of nitrogens with one attached hydrogen (secondary N) is 1. The van der Waals surface area contributed by atoms with Gasteiger partial charge in [-0.3, -0.25) is 9.59 Å². The molecular weight excluding hydrogens is 272 g/mol. The molecule has 0 saturated carbocycles. The van der Waals surface area contributed by atoms with Crippen LogP contribution in [-0.2, 0) is 4.79 Å². The zero-order valence-corrected chi connectivity index (χ0v) is 12.5. The molecule has 21 heavy (non-hydrogen) atoms. The summed E-state index contributed by atoms with van der Waals surface area (Å²) in [4.78, 5) is 28.1. The highest BCUT2D eigenvalue weighted by Gasteiger charge is 2.43. The van der Waals surface area contributed by atoms with Crippen LogP contribution in [0, 0.1) is 0 Å². The molecule has 2 aliphatic rings. The summed E-state index contributed by atoms with van der Waals surface area (Å²) < 4.78 is 1.72. The van der Waals surface area contributed by atoms with Gasteiger partial charge in [0, 0.05) is 33.2 Å². The topological polar surface area (TPSA) is 83.4 Å². The largest absolute Gasteiger partial charge is 0.342 e. The molecule has 2 aliphatic heterocycles. The molecule has 0 radical (unpaired) electrons. The molecule has 1 aromatic rings. The van der Waals surface area contributed by atoms with Crippen molar-refractivity contribution in [2.24, 2.45) is 0 Å². The number of piperazine rings is 1. The van der Waals surface area contributed by atoms with E-state index in [0.29, 0.717) is 18.8 Å². The number of carbonyl (C=O) groups is 2. The highest BCUT2D eigenvalue weighted by atomic mass is 16.2. The molecule has 1 aromatic heterocycles. The molecule has 0 bridgehead atoms. The first-order chi connectivity index (χ1) is 9.91. The van der Waals surface area contributed by atoms with Crippen LogP contribution < -0.4 is 5.32 Å². The lowest BCUT2D eigenvalue weighted by Crippen LogP contribution is -2.63. The molecule has 3 rings (SSSR count). The van der Waals surface area contributed by atoms with Gasteiger partial charge in [0.25, 0.3) is 5.91 Å². The molecule has 0 atom stereocenters. The minimum atomic E-state index is -0.855. The summed E-state index contributed by atoms with van der Waals surface area (Å²) >= 11 is 0. The predicted molar refractivity (Wildman–Crippen MR) is 74.7 cm³/mol. The molecule has 8 nitrogen and oxygen atoms in total. The summed E-state index contributed by atoms with van der Waals surface area (Å²) in [5.74, 6) is -0.294. The van der Waals surface area contributed by atoms with Gasteiger partial charge in [0.15, 0.2) is 5.69 Å². The fourth-order valence-electron chi connectivity index (χ4n) is 2.72. The third-order valence-corrected chi connectivity index (χ3v) is 4.31. The maximum atomic E-state index is 12.6. The van der Waals surface area contributed by atoms with Crippen molar-refractivity contribution in [3.8, 4) is 0 Å².